The van der Waals surface area contributed by atoms with Gasteiger partial charge in [-0.25, -0.2) is 8.78 Å². The van der Waals surface area contributed by atoms with E-state index in [4.69, 9.17) is 20.8 Å². The van der Waals surface area contributed by atoms with Gasteiger partial charge < -0.3 is 0 Å². The van der Waals surface area contributed by atoms with Gasteiger partial charge in [-0.15, -0.1) is 0 Å². The number of piperidine rings is 1. The Morgan fingerprint density at radius 3 is 2.55 bits per heavy atom. The number of carbonyl (C=O) groups is 2. The quantitative estimate of drug-likeness (QED) is 0.323. The number of anilines is 1. The molecule has 1 unspecified atom stereocenters. The van der Waals surface area contributed by atoms with Crippen LogP contribution in [0.5, 0.6) is 0 Å². The Hall–Kier alpha value is -3.65. The second kappa shape index (κ2) is 12.3. The van der Waals surface area contributed by atoms with E-state index in [-0.39, 0.29) is 28.9 Å². The van der Waals surface area contributed by atoms with Crippen LogP contribution in [0.15, 0.2) is 72.8 Å². The van der Waals surface area contributed by atoms with Crippen molar-refractivity contribution in [2.75, 3.05) is 18.4 Å². The average Bonchev–Trinajstić information content (AvgIpc) is 2.88. The zero-order valence-corrected chi connectivity index (χ0v) is 22.3. The van der Waals surface area contributed by atoms with Crippen LogP contribution in [0.4, 0.5) is 14.6 Å². The minimum absolute atomic E-state index is 0.0272. The first-order valence-corrected chi connectivity index (χ1v) is 12.6. The van der Waals surface area contributed by atoms with Gasteiger partial charge in [0.15, 0.2) is 0 Å². The standard InChI is InChI=1S/C28H31F2N5O2.Ni/c1-6-35-14-12-22(16-26(35)36)19(3)34(5)24(18(2)31)15-20-7-9-21(10-8-20)27(37)33-25-17-23(11-13-32-25)28(4,29)30;/h5,7-11,13,15,17,22H,2-3,6,12,14,16,31H2,1,4H3,(H,32,33,37);/b24-15+;. The predicted molar refractivity (Wildman–Crippen MR) is 142 cm³/mol. The van der Waals surface area contributed by atoms with Crippen molar-refractivity contribution in [2.24, 2.45) is 11.7 Å². The molecule has 2 aromatic rings. The van der Waals surface area contributed by atoms with Gasteiger partial charge in [-0.2, -0.15) is 0 Å². The number of nitrogens with zero attached hydrogens (tertiary/aromatic N) is 3. The second-order valence-electron chi connectivity index (χ2n) is 9.06. The molecular weight excluding hydrogens is 535 g/mol. The second-order valence-corrected chi connectivity index (χ2v) is 9.31. The molecule has 10 heteroatoms. The number of allylic oxidation sites excluding steroid dienone is 1. The minimum atomic E-state index is -3.05. The number of amides is 2. The summed E-state index contributed by atoms with van der Waals surface area (Å²) in [5.41, 5.74) is 8.32. The van der Waals surface area contributed by atoms with Gasteiger partial charge >= 0.3 is 190 Å². The van der Waals surface area contributed by atoms with Gasteiger partial charge in [-0.1, -0.05) is 0 Å². The van der Waals surface area contributed by atoms with Gasteiger partial charge in [0.1, 0.15) is 0 Å². The SMILES string of the molecule is C=C(N)/C(=C\c1ccc(C(=O)Nc2cc(C(C)(F)F)ccn2)cc1)N([CH]=[Ni])C(=C)C1CCN(CC)C(=O)C1. The van der Waals surface area contributed by atoms with E-state index in [9.17, 15) is 18.4 Å². The van der Waals surface area contributed by atoms with Crippen LogP contribution in [0.1, 0.15) is 48.2 Å². The fourth-order valence-electron chi connectivity index (χ4n) is 4.11. The molecule has 2 heterocycles. The first-order valence-electron chi connectivity index (χ1n) is 12.0. The topological polar surface area (TPSA) is 91.6 Å². The summed E-state index contributed by atoms with van der Waals surface area (Å²) in [6.07, 6.45) is 4.10. The number of nitrogens with one attached hydrogen (secondary N) is 1. The molecule has 1 aliphatic heterocycles. The van der Waals surface area contributed by atoms with Gasteiger partial charge in [0.2, 0.25) is 0 Å². The summed E-state index contributed by atoms with van der Waals surface area (Å²) in [5.74, 6) is -3.52. The molecule has 3 rings (SSSR count). The van der Waals surface area contributed by atoms with Crippen LogP contribution in [-0.4, -0.2) is 44.8 Å². The van der Waals surface area contributed by atoms with E-state index in [1.165, 1.54) is 17.4 Å². The third-order valence-electron chi connectivity index (χ3n) is 6.34. The predicted octanol–water partition coefficient (Wildman–Crippen LogP) is 4.64. The number of alkyl halides is 2. The van der Waals surface area contributed by atoms with E-state index in [0.29, 0.717) is 42.0 Å². The fraction of sp³-hybridized carbons (Fsp3) is 0.286. The van der Waals surface area contributed by atoms with Crippen LogP contribution in [0.2, 0.25) is 0 Å². The normalized spacial score (nSPS) is 16.2. The number of hydrogen-bond donors (Lipinski definition) is 2. The fourth-order valence-corrected chi connectivity index (χ4v) is 4.41. The third-order valence-corrected chi connectivity index (χ3v) is 6.59. The van der Waals surface area contributed by atoms with E-state index in [0.717, 1.165) is 19.4 Å². The molecular formula is C28H31F2N5NiO2. The van der Waals surface area contributed by atoms with Gasteiger partial charge in [-0.3, -0.25) is 0 Å². The van der Waals surface area contributed by atoms with E-state index in [1.807, 2.05) is 11.8 Å². The Balaban J connectivity index is 1.77. The molecule has 1 aromatic carbocycles. The maximum absolute atomic E-state index is 13.6. The van der Waals surface area contributed by atoms with Crippen molar-refractivity contribution >= 4 is 28.8 Å². The van der Waals surface area contributed by atoms with Gasteiger partial charge in [0.25, 0.3) is 5.92 Å². The van der Waals surface area contributed by atoms with Crippen LogP contribution in [-0.2, 0) is 25.7 Å². The summed E-state index contributed by atoms with van der Waals surface area (Å²) in [5, 5.41) is 4.00. The summed E-state index contributed by atoms with van der Waals surface area (Å²) in [7, 11) is 0. The Morgan fingerprint density at radius 1 is 1.32 bits per heavy atom. The molecule has 0 radical (unpaired) electrons. The van der Waals surface area contributed by atoms with Crippen molar-refractivity contribution in [3.05, 3.63) is 89.5 Å². The number of hydrogen-bond acceptors (Lipinski definition) is 5. The first-order chi connectivity index (χ1) is 17.9. The maximum atomic E-state index is 13.6. The monoisotopic (exact) mass is 565 g/mol. The molecule has 1 aliphatic rings. The molecule has 0 bridgehead atoms. The van der Waals surface area contributed by atoms with Crippen LogP contribution < -0.4 is 11.1 Å². The summed E-state index contributed by atoms with van der Waals surface area (Å²) in [6.45, 7) is 12.1. The zero-order chi connectivity index (χ0) is 28.0. The molecule has 1 saturated heterocycles. The van der Waals surface area contributed by atoms with Crippen LogP contribution in [0.3, 0.4) is 0 Å². The Morgan fingerprint density at radius 2 is 2.00 bits per heavy atom. The molecule has 38 heavy (non-hydrogen) atoms. The van der Waals surface area contributed by atoms with Crippen LogP contribution in [0.25, 0.3) is 6.08 Å². The number of nitrogens with two attached hydrogens (primary N) is 1. The third kappa shape index (κ3) is 7.01. The van der Waals surface area contributed by atoms with E-state index in [2.05, 4.69) is 23.5 Å². The number of benzene rings is 1. The Kier molecular flexibility index (Phi) is 9.33. The molecule has 7 nitrogen and oxygen atoms in total. The van der Waals surface area contributed by atoms with Crippen molar-refractivity contribution in [3.8, 4) is 0 Å². The van der Waals surface area contributed by atoms with Gasteiger partial charge in [-0.05, 0) is 6.07 Å². The molecule has 1 atom stereocenters. The summed E-state index contributed by atoms with van der Waals surface area (Å²) in [6, 6.07) is 8.94. The summed E-state index contributed by atoms with van der Waals surface area (Å²) >= 11 is 4.92. The number of carbonyl (C=O) groups excluding carboxylic acids is 2. The van der Waals surface area contributed by atoms with Crippen molar-refractivity contribution in [3.63, 3.8) is 0 Å². The molecule has 1 aromatic heterocycles. The molecule has 0 saturated carbocycles. The van der Waals surface area contributed by atoms with Crippen LogP contribution >= 0.6 is 0 Å². The van der Waals surface area contributed by atoms with Crippen LogP contribution in [0, 0.1) is 5.92 Å². The molecule has 1 fully saturated rings. The number of likely N-dealkylation sites (tertiary alicyclic amines) is 1. The van der Waals surface area contributed by atoms with E-state index in [1.54, 1.807) is 35.2 Å². The van der Waals surface area contributed by atoms with Crippen molar-refractivity contribution in [1.82, 2.24) is 14.8 Å². The molecule has 0 spiro atoms. The summed E-state index contributed by atoms with van der Waals surface area (Å²) < 4.78 is 27.2. The zero-order valence-electron chi connectivity index (χ0n) is 21.3. The Bertz CT molecular complexity index is 1270. The molecule has 204 valence electrons. The van der Waals surface area contributed by atoms with Crippen molar-refractivity contribution < 1.29 is 33.4 Å². The van der Waals surface area contributed by atoms with E-state index >= 15 is 0 Å². The van der Waals surface area contributed by atoms with E-state index < -0.39 is 11.8 Å². The molecule has 0 aliphatic carbocycles. The molecule has 2 amide bonds. The summed E-state index contributed by atoms with van der Waals surface area (Å²) in [4.78, 5) is 32.5. The number of halogens is 2. The van der Waals surface area contributed by atoms with Crippen molar-refractivity contribution in [2.45, 2.75) is 32.6 Å². The first kappa shape index (κ1) is 28.9. The molecule has 3 N–H and O–H groups in total. The Labute approximate surface area is 229 Å². The van der Waals surface area contributed by atoms with Gasteiger partial charge in [0, 0.05) is 18.7 Å². The number of pyridine rings is 1. The average molecular weight is 566 g/mol. The van der Waals surface area contributed by atoms with Crippen molar-refractivity contribution in [1.29, 1.82) is 0 Å². The number of aromatic nitrogens is 1. The number of rotatable bonds is 10. The van der Waals surface area contributed by atoms with Gasteiger partial charge in [0.05, 0.1) is 0 Å².